The van der Waals surface area contributed by atoms with Gasteiger partial charge in [-0.25, -0.2) is 0 Å². The van der Waals surface area contributed by atoms with Gasteiger partial charge in [-0.15, -0.1) is 0 Å². The van der Waals surface area contributed by atoms with Crippen molar-refractivity contribution in [3.63, 3.8) is 0 Å². The number of nitro benzene ring substituents is 1. The van der Waals surface area contributed by atoms with Gasteiger partial charge in [0.2, 0.25) is 17.5 Å². The lowest BCUT2D eigenvalue weighted by Gasteiger charge is -2.34. The minimum Gasteiger partial charge on any atom is -0.497 e. The van der Waals surface area contributed by atoms with E-state index in [0.29, 0.717) is 48.9 Å². The number of non-ortho nitro benzene ring substituents is 1. The number of piperazine rings is 1. The fourth-order valence-corrected chi connectivity index (χ4v) is 3.65. The molecule has 0 radical (unpaired) electrons. The van der Waals surface area contributed by atoms with Crippen molar-refractivity contribution in [2.45, 2.75) is 0 Å². The number of ether oxygens (including phenoxy) is 1. The maximum absolute atomic E-state index is 12.8. The van der Waals surface area contributed by atoms with Crippen LogP contribution in [0.25, 0.3) is 12.2 Å². The lowest BCUT2D eigenvalue weighted by atomic mass is 10.1. The first-order valence-electron chi connectivity index (χ1n) is 10.5. The Hall–Kier alpha value is -4.65. The molecule has 0 N–H and O–H groups in total. The second kappa shape index (κ2) is 9.87. The number of hydrogen-bond acceptors (Lipinski definition) is 8. The van der Waals surface area contributed by atoms with Crippen LogP contribution in [-0.2, 0) is 0 Å². The summed E-state index contributed by atoms with van der Waals surface area (Å²) in [5.74, 6) is 1.09. The molecule has 34 heavy (non-hydrogen) atoms. The quantitative estimate of drug-likeness (QED) is 0.404. The average Bonchev–Trinajstić information content (AvgIpc) is 3.30. The molecule has 0 unspecified atom stereocenters. The molecule has 172 valence electrons. The van der Waals surface area contributed by atoms with Crippen LogP contribution >= 0.6 is 0 Å². The van der Waals surface area contributed by atoms with Crippen molar-refractivity contribution in [1.82, 2.24) is 9.88 Å². The molecule has 0 atom stereocenters. The lowest BCUT2D eigenvalue weighted by molar-refractivity contribution is -0.384. The highest BCUT2D eigenvalue weighted by Crippen LogP contribution is 2.25. The van der Waals surface area contributed by atoms with E-state index in [9.17, 15) is 20.2 Å². The summed E-state index contributed by atoms with van der Waals surface area (Å²) in [7, 11) is 1.56. The van der Waals surface area contributed by atoms with Gasteiger partial charge in [-0.3, -0.25) is 14.9 Å². The van der Waals surface area contributed by atoms with Crippen molar-refractivity contribution in [2.24, 2.45) is 0 Å². The first-order valence-corrected chi connectivity index (χ1v) is 10.5. The Bertz CT molecular complexity index is 1280. The van der Waals surface area contributed by atoms with Crippen molar-refractivity contribution in [1.29, 1.82) is 5.26 Å². The normalized spacial score (nSPS) is 13.6. The van der Waals surface area contributed by atoms with Crippen LogP contribution in [0.15, 0.2) is 52.9 Å². The van der Waals surface area contributed by atoms with Gasteiger partial charge in [-0.05, 0) is 29.8 Å². The van der Waals surface area contributed by atoms with E-state index >= 15 is 0 Å². The largest absolute Gasteiger partial charge is 0.497 e. The summed E-state index contributed by atoms with van der Waals surface area (Å²) in [6, 6.07) is 15.2. The van der Waals surface area contributed by atoms with Crippen LogP contribution in [0, 0.1) is 21.4 Å². The monoisotopic (exact) mass is 459 g/mol. The molecule has 2 aromatic carbocycles. The average molecular weight is 459 g/mol. The fraction of sp³-hybridized carbons (Fsp3) is 0.208. The summed E-state index contributed by atoms with van der Waals surface area (Å²) >= 11 is 0. The Labute approximate surface area is 195 Å². The van der Waals surface area contributed by atoms with Crippen molar-refractivity contribution in [2.75, 3.05) is 38.2 Å². The number of carbonyl (C=O) groups excluding carboxylic acids is 1. The number of carbonyl (C=O) groups is 1. The highest BCUT2D eigenvalue weighted by atomic mass is 16.6. The number of nitrogens with zero attached hydrogens (tertiary/aromatic N) is 5. The molecule has 2 heterocycles. The number of amides is 1. The summed E-state index contributed by atoms with van der Waals surface area (Å²) in [5.41, 5.74) is 1.29. The van der Waals surface area contributed by atoms with Crippen molar-refractivity contribution < 1.29 is 18.9 Å². The molecule has 3 aromatic rings. The van der Waals surface area contributed by atoms with Crippen molar-refractivity contribution in [3.8, 4) is 11.8 Å². The third kappa shape index (κ3) is 4.88. The minimum absolute atomic E-state index is 0.0191. The van der Waals surface area contributed by atoms with Gasteiger partial charge < -0.3 is 19.0 Å². The van der Waals surface area contributed by atoms with E-state index in [1.807, 2.05) is 11.0 Å². The second-order valence-electron chi connectivity index (χ2n) is 7.51. The molecular weight excluding hydrogens is 438 g/mol. The summed E-state index contributed by atoms with van der Waals surface area (Å²) in [4.78, 5) is 31.2. The Morgan fingerprint density at radius 3 is 2.65 bits per heavy atom. The third-order valence-corrected chi connectivity index (χ3v) is 5.40. The van der Waals surface area contributed by atoms with Gasteiger partial charge >= 0.3 is 0 Å². The van der Waals surface area contributed by atoms with Crippen LogP contribution in [-0.4, -0.2) is 54.0 Å². The van der Waals surface area contributed by atoms with Crippen molar-refractivity contribution >= 4 is 29.6 Å². The number of methoxy groups -OCH3 is 1. The van der Waals surface area contributed by atoms with Crippen LogP contribution in [0.5, 0.6) is 5.75 Å². The van der Waals surface area contributed by atoms with E-state index < -0.39 is 4.92 Å². The Morgan fingerprint density at radius 1 is 1.18 bits per heavy atom. The van der Waals surface area contributed by atoms with E-state index in [1.165, 1.54) is 12.1 Å². The Morgan fingerprint density at radius 2 is 1.94 bits per heavy atom. The number of oxazole rings is 1. The first kappa shape index (κ1) is 22.5. The highest BCUT2D eigenvalue weighted by molar-refractivity contribution is 5.94. The van der Waals surface area contributed by atoms with E-state index in [4.69, 9.17) is 9.15 Å². The van der Waals surface area contributed by atoms with E-state index in [-0.39, 0.29) is 23.2 Å². The fourth-order valence-electron chi connectivity index (χ4n) is 3.65. The number of nitro groups is 1. The molecule has 0 saturated carbocycles. The van der Waals surface area contributed by atoms with Gasteiger partial charge in [0.1, 0.15) is 11.8 Å². The molecule has 1 amide bonds. The second-order valence-corrected chi connectivity index (χ2v) is 7.51. The van der Waals surface area contributed by atoms with Crippen molar-refractivity contribution in [3.05, 3.63) is 81.4 Å². The summed E-state index contributed by atoms with van der Waals surface area (Å²) in [6.07, 6.45) is 3.19. The topological polar surface area (TPSA) is 126 Å². The molecule has 1 saturated heterocycles. The number of anilines is 1. The number of benzene rings is 2. The van der Waals surface area contributed by atoms with Gasteiger partial charge in [-0.1, -0.05) is 18.2 Å². The van der Waals surface area contributed by atoms with Crippen LogP contribution < -0.4 is 9.64 Å². The molecule has 4 rings (SSSR count). The maximum Gasteiger partial charge on any atom is 0.270 e. The van der Waals surface area contributed by atoms with E-state index in [2.05, 4.69) is 4.98 Å². The number of hydrogen-bond donors (Lipinski definition) is 0. The Kier molecular flexibility index (Phi) is 6.54. The zero-order valence-corrected chi connectivity index (χ0v) is 18.4. The molecule has 0 spiro atoms. The van der Waals surface area contributed by atoms with Crippen LogP contribution in [0.4, 0.5) is 11.6 Å². The van der Waals surface area contributed by atoms with Gasteiger partial charge in [0.15, 0.2) is 0 Å². The molecule has 1 aliphatic rings. The maximum atomic E-state index is 12.8. The van der Waals surface area contributed by atoms with E-state index in [0.717, 1.165) is 0 Å². The molecular formula is C24H21N5O5. The summed E-state index contributed by atoms with van der Waals surface area (Å²) in [6.45, 7) is 1.88. The van der Waals surface area contributed by atoms with E-state index in [1.54, 1.807) is 60.6 Å². The summed E-state index contributed by atoms with van der Waals surface area (Å²) < 4.78 is 11.0. The predicted molar refractivity (Wildman–Crippen MR) is 124 cm³/mol. The molecule has 0 bridgehead atoms. The van der Waals surface area contributed by atoms with Crippen LogP contribution in [0.2, 0.25) is 0 Å². The molecule has 10 nitrogen and oxygen atoms in total. The molecule has 10 heteroatoms. The predicted octanol–water partition coefficient (Wildman–Crippen LogP) is 3.60. The SMILES string of the molecule is COc1cccc(C(=O)N2CCN(c3oc(/C=C/c4cccc([N+](=O)[O-])c4)nc3C#N)CC2)c1. The third-order valence-electron chi connectivity index (χ3n) is 5.40. The zero-order valence-electron chi connectivity index (χ0n) is 18.4. The molecule has 1 aliphatic heterocycles. The van der Waals surface area contributed by atoms with Crippen LogP contribution in [0.1, 0.15) is 27.5 Å². The number of rotatable bonds is 6. The number of aromatic nitrogens is 1. The molecule has 1 fully saturated rings. The smallest absolute Gasteiger partial charge is 0.270 e. The van der Waals surface area contributed by atoms with Gasteiger partial charge in [0.25, 0.3) is 11.6 Å². The Balaban J connectivity index is 1.44. The zero-order chi connectivity index (χ0) is 24.1. The number of nitriles is 1. The summed E-state index contributed by atoms with van der Waals surface area (Å²) in [5, 5.41) is 20.5. The van der Waals surface area contributed by atoms with Gasteiger partial charge in [-0.2, -0.15) is 10.2 Å². The lowest BCUT2D eigenvalue weighted by Crippen LogP contribution is -2.48. The van der Waals surface area contributed by atoms with Crippen LogP contribution in [0.3, 0.4) is 0 Å². The molecule has 0 aliphatic carbocycles. The highest BCUT2D eigenvalue weighted by Gasteiger charge is 2.26. The minimum atomic E-state index is -0.465. The first-order chi connectivity index (χ1) is 16.5. The van der Waals surface area contributed by atoms with Gasteiger partial charge in [0, 0.05) is 50.0 Å². The molecule has 1 aromatic heterocycles. The van der Waals surface area contributed by atoms with Gasteiger partial charge in [0.05, 0.1) is 12.0 Å². The standard InChI is InChI=1S/C24H21N5O5/c1-33-20-7-3-5-18(15-20)23(30)27-10-12-28(13-11-27)24-21(16-25)26-22(34-24)9-8-17-4-2-6-19(14-17)29(31)32/h2-9,14-15H,10-13H2,1H3/b9-8+.